The Labute approximate surface area is 200 Å². The van der Waals surface area contributed by atoms with Crippen molar-refractivity contribution in [3.8, 4) is 0 Å². The second-order valence-corrected chi connectivity index (χ2v) is 9.74. The first kappa shape index (κ1) is 26.3. The summed E-state index contributed by atoms with van der Waals surface area (Å²) < 4.78 is 45.0. The van der Waals surface area contributed by atoms with Crippen molar-refractivity contribution in [2.45, 2.75) is 31.8 Å². The first-order valence-corrected chi connectivity index (χ1v) is 11.4. The van der Waals surface area contributed by atoms with Gasteiger partial charge in [0, 0.05) is 31.9 Å². The van der Waals surface area contributed by atoms with E-state index in [2.05, 4.69) is 37.2 Å². The fraction of sp³-hybridized carbons (Fsp3) is 0.409. The summed E-state index contributed by atoms with van der Waals surface area (Å²) in [5.41, 5.74) is -0.810. The average molecular weight is 581 g/mol. The fourth-order valence-electron chi connectivity index (χ4n) is 2.87. The highest BCUT2D eigenvalue weighted by Gasteiger charge is 2.38. The molecule has 0 bridgehead atoms. The third-order valence-electron chi connectivity index (χ3n) is 4.60. The predicted molar refractivity (Wildman–Crippen MR) is 121 cm³/mol. The number of halogens is 5. The molecule has 174 valence electrons. The molecule has 0 aromatic heterocycles. The van der Waals surface area contributed by atoms with E-state index in [0.717, 1.165) is 12.2 Å². The van der Waals surface area contributed by atoms with Crippen LogP contribution in [0.1, 0.15) is 41.5 Å². The molecule has 2 atom stereocenters. The summed E-state index contributed by atoms with van der Waals surface area (Å²) in [4.78, 5) is 36.5. The van der Waals surface area contributed by atoms with Crippen LogP contribution < -0.4 is 5.32 Å². The van der Waals surface area contributed by atoms with Crippen LogP contribution in [-0.4, -0.2) is 41.8 Å². The quantitative estimate of drug-likeness (QED) is 0.267. The molecule has 0 saturated heterocycles. The standard InChI is InChI=1S/C22H22Br2F3NO4/c1-11(2)10-32-19(29)9-28-21(31)14-4-13(5-16(23)6-14)20(30)17-7-15(22(25,26)27)8-18(24)12(17)3/h4-8,11-12,18H,9-10H2,1-3H3,(H,28,31). The van der Waals surface area contributed by atoms with E-state index >= 15 is 0 Å². The van der Waals surface area contributed by atoms with Gasteiger partial charge in [0.1, 0.15) is 6.54 Å². The van der Waals surface area contributed by atoms with Gasteiger partial charge in [0.15, 0.2) is 5.78 Å². The van der Waals surface area contributed by atoms with Crippen LogP contribution in [-0.2, 0) is 9.53 Å². The van der Waals surface area contributed by atoms with Crippen LogP contribution in [0.25, 0.3) is 0 Å². The SMILES string of the molecule is CC(C)COC(=O)CNC(=O)c1cc(Br)cc(C(=O)C2=CC(C(F)(F)F)=CC(Br)C2C)c1. The second kappa shape index (κ2) is 10.8. The zero-order valence-corrected chi connectivity index (χ0v) is 20.7. The lowest BCUT2D eigenvalue weighted by atomic mass is 9.84. The summed E-state index contributed by atoms with van der Waals surface area (Å²) in [6.45, 7) is 5.26. The van der Waals surface area contributed by atoms with E-state index in [4.69, 9.17) is 4.74 Å². The fourth-order valence-corrected chi connectivity index (χ4v) is 3.93. The predicted octanol–water partition coefficient (Wildman–Crippen LogP) is 5.39. The van der Waals surface area contributed by atoms with E-state index in [1.807, 2.05) is 13.8 Å². The van der Waals surface area contributed by atoms with Gasteiger partial charge in [0.2, 0.25) is 0 Å². The smallest absolute Gasteiger partial charge is 0.416 e. The third kappa shape index (κ3) is 7.03. The molecule has 2 unspecified atom stereocenters. The van der Waals surface area contributed by atoms with Crippen LogP contribution in [0.2, 0.25) is 0 Å². The number of Topliss-reactive ketones (excluding diaryl/α,β-unsaturated/α-hetero) is 1. The number of hydrogen-bond donors (Lipinski definition) is 1. The van der Waals surface area contributed by atoms with Crippen LogP contribution in [0, 0.1) is 11.8 Å². The summed E-state index contributed by atoms with van der Waals surface area (Å²) >= 11 is 6.41. The lowest BCUT2D eigenvalue weighted by Gasteiger charge is -2.25. The number of esters is 1. The molecule has 1 aliphatic carbocycles. The number of benzene rings is 1. The molecule has 2 rings (SSSR count). The number of amides is 1. The molecule has 5 nitrogen and oxygen atoms in total. The minimum absolute atomic E-state index is 0.0246. The van der Waals surface area contributed by atoms with E-state index in [1.54, 1.807) is 6.92 Å². The number of ketones is 1. The molecule has 0 saturated carbocycles. The van der Waals surface area contributed by atoms with Crippen LogP contribution in [0.5, 0.6) is 0 Å². The van der Waals surface area contributed by atoms with Crippen LogP contribution in [0.3, 0.4) is 0 Å². The van der Waals surface area contributed by atoms with Gasteiger partial charge < -0.3 is 10.1 Å². The number of allylic oxidation sites excluding steroid dienone is 4. The Bertz CT molecular complexity index is 970. The highest BCUT2D eigenvalue weighted by atomic mass is 79.9. The van der Waals surface area contributed by atoms with Crippen molar-refractivity contribution in [2.24, 2.45) is 11.8 Å². The van der Waals surface area contributed by atoms with E-state index in [-0.39, 0.29) is 35.8 Å². The first-order valence-electron chi connectivity index (χ1n) is 9.73. The monoisotopic (exact) mass is 579 g/mol. The number of carbonyl (C=O) groups excluding carboxylic acids is 3. The average Bonchev–Trinajstić information content (AvgIpc) is 2.70. The molecule has 10 heteroatoms. The van der Waals surface area contributed by atoms with E-state index in [1.165, 1.54) is 18.2 Å². The third-order valence-corrected chi connectivity index (χ3v) is 6.12. The van der Waals surface area contributed by atoms with Crippen molar-refractivity contribution in [3.63, 3.8) is 0 Å². The van der Waals surface area contributed by atoms with Crippen molar-refractivity contribution < 1.29 is 32.3 Å². The van der Waals surface area contributed by atoms with Crippen molar-refractivity contribution in [2.75, 3.05) is 13.2 Å². The number of nitrogens with one attached hydrogen (secondary N) is 1. The summed E-state index contributed by atoms with van der Waals surface area (Å²) in [6.07, 6.45) is -2.72. The minimum Gasteiger partial charge on any atom is -0.464 e. The Morgan fingerprint density at radius 3 is 2.38 bits per heavy atom. The molecule has 1 aromatic rings. The minimum atomic E-state index is -4.59. The highest BCUT2D eigenvalue weighted by Crippen LogP contribution is 2.38. The van der Waals surface area contributed by atoms with E-state index in [9.17, 15) is 27.6 Å². The van der Waals surface area contributed by atoms with Crippen molar-refractivity contribution in [1.82, 2.24) is 5.32 Å². The molecule has 1 aliphatic rings. The molecule has 32 heavy (non-hydrogen) atoms. The Morgan fingerprint density at radius 2 is 1.78 bits per heavy atom. The molecule has 1 N–H and O–H groups in total. The Hall–Kier alpha value is -1.94. The molecular formula is C22H22Br2F3NO4. The van der Waals surface area contributed by atoms with Gasteiger partial charge in [0.05, 0.1) is 12.2 Å². The number of hydrogen-bond acceptors (Lipinski definition) is 4. The highest BCUT2D eigenvalue weighted by molar-refractivity contribution is 9.10. The molecule has 0 aliphatic heterocycles. The molecule has 0 fully saturated rings. The summed E-state index contributed by atoms with van der Waals surface area (Å²) in [7, 11) is 0. The topological polar surface area (TPSA) is 72.5 Å². The van der Waals surface area contributed by atoms with Crippen LogP contribution >= 0.6 is 31.9 Å². The number of carbonyl (C=O) groups is 3. The van der Waals surface area contributed by atoms with Crippen molar-refractivity contribution in [1.29, 1.82) is 0 Å². The summed E-state index contributed by atoms with van der Waals surface area (Å²) in [5, 5.41) is 2.41. The van der Waals surface area contributed by atoms with Gasteiger partial charge in [-0.15, -0.1) is 0 Å². The maximum atomic E-state index is 13.2. The lowest BCUT2D eigenvalue weighted by Crippen LogP contribution is -2.31. The van der Waals surface area contributed by atoms with Crippen molar-refractivity contribution in [3.05, 3.63) is 57.1 Å². The summed E-state index contributed by atoms with van der Waals surface area (Å²) in [6, 6.07) is 4.15. The van der Waals surface area contributed by atoms with E-state index < -0.39 is 40.2 Å². The lowest BCUT2D eigenvalue weighted by molar-refractivity contribution is -0.143. The normalized spacial score (nSPS) is 18.7. The van der Waals surface area contributed by atoms with Gasteiger partial charge in [-0.3, -0.25) is 14.4 Å². The van der Waals surface area contributed by atoms with Gasteiger partial charge in [-0.05, 0) is 30.2 Å². The molecular weight excluding hydrogens is 559 g/mol. The van der Waals surface area contributed by atoms with Gasteiger partial charge in [-0.25, -0.2) is 0 Å². The van der Waals surface area contributed by atoms with Crippen LogP contribution in [0.15, 0.2) is 46.0 Å². The maximum absolute atomic E-state index is 13.2. The molecule has 0 radical (unpaired) electrons. The molecule has 1 aromatic carbocycles. The second-order valence-electron chi connectivity index (χ2n) is 7.77. The van der Waals surface area contributed by atoms with Gasteiger partial charge in [-0.2, -0.15) is 13.2 Å². The van der Waals surface area contributed by atoms with Crippen LogP contribution in [0.4, 0.5) is 13.2 Å². The zero-order valence-electron chi connectivity index (χ0n) is 17.6. The van der Waals surface area contributed by atoms with Gasteiger partial charge >= 0.3 is 12.1 Å². The number of alkyl halides is 4. The Morgan fingerprint density at radius 1 is 1.16 bits per heavy atom. The van der Waals surface area contributed by atoms with Crippen molar-refractivity contribution >= 4 is 49.5 Å². The Balaban J connectivity index is 2.23. The Kier molecular flexibility index (Phi) is 8.87. The molecule has 0 spiro atoms. The van der Waals surface area contributed by atoms with Gasteiger partial charge in [-0.1, -0.05) is 58.7 Å². The largest absolute Gasteiger partial charge is 0.464 e. The molecule has 1 amide bonds. The van der Waals surface area contributed by atoms with E-state index in [0.29, 0.717) is 4.47 Å². The maximum Gasteiger partial charge on any atom is 0.416 e. The number of rotatable bonds is 7. The zero-order chi connectivity index (χ0) is 24.2. The first-order chi connectivity index (χ1) is 14.8. The van der Waals surface area contributed by atoms with Gasteiger partial charge in [0.25, 0.3) is 5.91 Å². The summed E-state index contributed by atoms with van der Waals surface area (Å²) in [5.74, 6) is -2.21. The molecule has 0 heterocycles. The number of ether oxygens (including phenoxy) is 1.